The third-order valence-corrected chi connectivity index (χ3v) is 5.40. The van der Waals surface area contributed by atoms with Crippen molar-refractivity contribution in [2.24, 2.45) is 5.73 Å². The van der Waals surface area contributed by atoms with Crippen LogP contribution in [-0.2, 0) is 28.1 Å². The van der Waals surface area contributed by atoms with E-state index >= 15 is 0 Å². The zero-order valence-corrected chi connectivity index (χ0v) is 18.8. The van der Waals surface area contributed by atoms with E-state index in [4.69, 9.17) is 26.6 Å². The highest BCUT2D eigenvalue weighted by Gasteiger charge is 2.35. The molecule has 2 rings (SSSR count). The number of ether oxygens (including phenoxy) is 1. The van der Waals surface area contributed by atoms with Crippen molar-refractivity contribution in [3.8, 4) is 5.75 Å². The molecule has 3 N–H and O–H groups in total. The van der Waals surface area contributed by atoms with Gasteiger partial charge in [-0.2, -0.15) is 13.2 Å². The van der Waals surface area contributed by atoms with Crippen LogP contribution < -0.4 is 10.5 Å². The summed E-state index contributed by atoms with van der Waals surface area (Å²) in [5.41, 5.74) is 4.93. The average Bonchev–Trinajstić information content (AvgIpc) is 2.76. The van der Waals surface area contributed by atoms with Crippen LogP contribution in [0.15, 0.2) is 36.4 Å². The summed E-state index contributed by atoms with van der Waals surface area (Å²) in [7, 11) is -1.05. The minimum Gasteiger partial charge on any atom is -0.493 e. The third kappa shape index (κ3) is 7.98. The van der Waals surface area contributed by atoms with Gasteiger partial charge in [-0.15, -0.1) is 4.52 Å². The van der Waals surface area contributed by atoms with Crippen LogP contribution >= 0.6 is 20.3 Å². The van der Waals surface area contributed by atoms with E-state index in [0.717, 1.165) is 11.6 Å². The molecule has 0 spiro atoms. The lowest BCUT2D eigenvalue weighted by molar-refractivity contribution is -0.139. The van der Waals surface area contributed by atoms with Gasteiger partial charge in [-0.1, -0.05) is 23.7 Å². The van der Waals surface area contributed by atoms with Crippen molar-refractivity contribution in [3.63, 3.8) is 0 Å². The van der Waals surface area contributed by atoms with Gasteiger partial charge in [0.2, 0.25) is 0 Å². The van der Waals surface area contributed by atoms with Gasteiger partial charge >= 0.3 is 14.9 Å². The number of benzene rings is 2. The molecule has 32 heavy (non-hydrogen) atoms. The van der Waals surface area contributed by atoms with Gasteiger partial charge < -0.3 is 15.6 Å². The zero-order valence-electron chi connectivity index (χ0n) is 17.1. The van der Waals surface area contributed by atoms with Crippen LogP contribution in [0.3, 0.4) is 0 Å². The molecule has 0 saturated carbocycles. The topological polar surface area (TPSA) is 81.8 Å². The molecule has 0 aliphatic heterocycles. The summed E-state index contributed by atoms with van der Waals surface area (Å²) in [6, 6.07) is 8.00. The first-order valence-electron chi connectivity index (χ1n) is 9.73. The highest BCUT2D eigenvalue weighted by atomic mass is 35.5. The standard InChI is InChI=1S/C21H24ClF4NO4P/c22-17-11-14(3-5-18(17)23)2-1-9-30-19-6-4-15(10-16(19)21(24,25)26)7-8-20(27,12-28)13-31-32-29/h3-6,10-11,28,32H,1-2,7-9,12-13,27H2/q+1. The van der Waals surface area contributed by atoms with Crippen molar-refractivity contribution in [1.82, 2.24) is 0 Å². The second-order valence-electron chi connectivity index (χ2n) is 7.42. The Morgan fingerprint density at radius 3 is 2.41 bits per heavy atom. The van der Waals surface area contributed by atoms with E-state index in [2.05, 4.69) is 0 Å². The van der Waals surface area contributed by atoms with Crippen molar-refractivity contribution in [3.05, 3.63) is 63.9 Å². The molecule has 0 bridgehead atoms. The number of aliphatic hydroxyl groups is 1. The fourth-order valence-corrected chi connectivity index (χ4v) is 3.55. The minimum atomic E-state index is -4.63. The van der Waals surface area contributed by atoms with Gasteiger partial charge in [-0.3, -0.25) is 0 Å². The van der Waals surface area contributed by atoms with E-state index < -0.39 is 38.4 Å². The van der Waals surface area contributed by atoms with Crippen LogP contribution in [-0.4, -0.2) is 30.5 Å². The highest BCUT2D eigenvalue weighted by Crippen LogP contribution is 2.37. The summed E-state index contributed by atoms with van der Waals surface area (Å²) in [5, 5.41) is 9.41. The largest absolute Gasteiger partial charge is 0.494 e. The second kappa shape index (κ2) is 11.9. The Hall–Kier alpha value is -1.77. The quantitative estimate of drug-likeness (QED) is 0.243. The summed E-state index contributed by atoms with van der Waals surface area (Å²) < 4.78 is 74.4. The highest BCUT2D eigenvalue weighted by molar-refractivity contribution is 7.17. The van der Waals surface area contributed by atoms with Gasteiger partial charge in [0, 0.05) is 0 Å². The van der Waals surface area contributed by atoms with Gasteiger partial charge in [0.25, 0.3) is 0 Å². The number of nitrogens with two attached hydrogens (primary N) is 1. The Morgan fingerprint density at radius 2 is 1.78 bits per heavy atom. The monoisotopic (exact) mass is 496 g/mol. The van der Waals surface area contributed by atoms with E-state index in [1.54, 1.807) is 6.07 Å². The molecule has 2 aromatic rings. The van der Waals surface area contributed by atoms with E-state index in [1.807, 2.05) is 0 Å². The van der Waals surface area contributed by atoms with E-state index in [0.29, 0.717) is 18.4 Å². The number of hydrogen-bond donors (Lipinski definition) is 2. The van der Waals surface area contributed by atoms with Crippen LogP contribution in [0.4, 0.5) is 17.6 Å². The molecule has 0 aliphatic carbocycles. The first-order chi connectivity index (χ1) is 15.1. The number of halogens is 5. The van der Waals surface area contributed by atoms with E-state index in [1.165, 1.54) is 24.3 Å². The van der Waals surface area contributed by atoms with Crippen molar-refractivity contribution in [2.45, 2.75) is 37.4 Å². The Kier molecular flexibility index (Phi) is 9.85. The first kappa shape index (κ1) is 26.5. The van der Waals surface area contributed by atoms with Gasteiger partial charge in [-0.05, 0) is 65.6 Å². The van der Waals surface area contributed by atoms with Gasteiger partial charge in [0.1, 0.15) is 18.2 Å². The number of aliphatic hydroxyl groups excluding tert-OH is 1. The predicted octanol–water partition coefficient (Wildman–Crippen LogP) is 5.09. The fourth-order valence-electron chi connectivity index (χ4n) is 3.00. The Morgan fingerprint density at radius 1 is 1.09 bits per heavy atom. The third-order valence-electron chi connectivity index (χ3n) is 4.85. The number of alkyl halides is 3. The smallest absolute Gasteiger partial charge is 0.493 e. The van der Waals surface area contributed by atoms with Gasteiger partial charge in [-0.25, -0.2) is 4.39 Å². The lowest BCUT2D eigenvalue weighted by atomic mass is 9.93. The fraction of sp³-hybridized carbons (Fsp3) is 0.429. The summed E-state index contributed by atoms with van der Waals surface area (Å²) >= 11 is 5.72. The van der Waals surface area contributed by atoms with Crippen LogP contribution in [0.5, 0.6) is 5.75 Å². The molecule has 5 nitrogen and oxygen atoms in total. The molecular weight excluding hydrogens is 473 g/mol. The van der Waals surface area contributed by atoms with Crippen LogP contribution in [0.25, 0.3) is 0 Å². The van der Waals surface area contributed by atoms with Crippen molar-refractivity contribution in [2.75, 3.05) is 19.8 Å². The molecule has 0 aliphatic rings. The zero-order chi connectivity index (χ0) is 23.8. The maximum Gasteiger partial charge on any atom is 0.494 e. The predicted molar refractivity (Wildman–Crippen MR) is 114 cm³/mol. The summed E-state index contributed by atoms with van der Waals surface area (Å²) in [4.78, 5) is 0. The maximum atomic E-state index is 13.5. The van der Waals surface area contributed by atoms with Crippen molar-refractivity contribution < 1.29 is 36.5 Å². The molecule has 0 heterocycles. The molecule has 0 radical (unpaired) electrons. The Balaban J connectivity index is 2.01. The SMILES string of the molecule is NC(CO)(CCc1ccc(OCCCc2ccc(F)c(Cl)c2)c(C(F)(F)F)c1)CO[PH+]=O. The summed E-state index contributed by atoms with van der Waals surface area (Å²) in [6.45, 7) is -0.622. The molecule has 2 unspecified atom stereocenters. The number of hydrogen-bond acceptors (Lipinski definition) is 5. The Labute approximate surface area is 189 Å². The summed E-state index contributed by atoms with van der Waals surface area (Å²) in [5.74, 6) is -0.832. The molecule has 0 amide bonds. The second-order valence-corrected chi connectivity index (χ2v) is 8.28. The number of rotatable bonds is 12. The Bertz CT molecular complexity index is 916. The molecule has 176 valence electrons. The maximum absolute atomic E-state index is 13.5. The molecule has 2 atom stereocenters. The molecule has 0 fully saturated rings. The van der Waals surface area contributed by atoms with Crippen LogP contribution in [0.2, 0.25) is 5.02 Å². The van der Waals surface area contributed by atoms with Crippen LogP contribution in [0, 0.1) is 5.82 Å². The summed E-state index contributed by atoms with van der Waals surface area (Å²) in [6.07, 6.45) is -3.47. The van der Waals surface area contributed by atoms with Crippen LogP contribution in [0.1, 0.15) is 29.5 Å². The molecular formula is C21H24ClF4NO4P+. The van der Waals surface area contributed by atoms with Crippen molar-refractivity contribution >= 4 is 20.3 Å². The molecule has 2 aromatic carbocycles. The molecule has 11 heteroatoms. The minimum absolute atomic E-state index is 0.0129. The molecule has 0 saturated heterocycles. The van der Waals surface area contributed by atoms with E-state index in [9.17, 15) is 27.2 Å². The average molecular weight is 497 g/mol. The lowest BCUT2D eigenvalue weighted by Crippen LogP contribution is -2.47. The number of aryl methyl sites for hydroxylation is 2. The van der Waals surface area contributed by atoms with Gasteiger partial charge in [0.15, 0.2) is 0 Å². The van der Waals surface area contributed by atoms with Gasteiger partial charge in [0.05, 0.1) is 29.3 Å². The normalized spacial score (nSPS) is 13.8. The van der Waals surface area contributed by atoms with Crippen molar-refractivity contribution in [1.29, 1.82) is 0 Å². The molecule has 0 aromatic heterocycles. The lowest BCUT2D eigenvalue weighted by Gasteiger charge is -2.24. The van der Waals surface area contributed by atoms with E-state index in [-0.39, 0.29) is 36.8 Å². The first-order valence-corrected chi connectivity index (χ1v) is 10.9.